The Morgan fingerprint density at radius 3 is 2.54 bits per heavy atom. The number of aliphatic imine (C=N–C) groups is 1. The standard InChI is InChI=1S/C27H22F2N4O3S/c1-36-19-10-7-16(8-11-19)22-14-23(17-5-3-2-4-6-17)33(32-22)27-31-26(35)24(37-27)15-25(34)30-18-9-12-20(28)21(29)13-18/h2-13,23-24H,14-15H2,1H3,(H,30,34). The zero-order chi connectivity index (χ0) is 25.9. The molecule has 2 aliphatic rings. The molecule has 5 rings (SSSR count). The Morgan fingerprint density at radius 1 is 1.08 bits per heavy atom. The molecule has 0 fully saturated rings. The lowest BCUT2D eigenvalue weighted by molar-refractivity contribution is -0.121. The fourth-order valence-corrected chi connectivity index (χ4v) is 5.20. The smallest absolute Gasteiger partial charge is 0.262 e. The fourth-order valence-electron chi connectivity index (χ4n) is 4.14. The van der Waals surface area contributed by atoms with Crippen LogP contribution in [-0.2, 0) is 9.59 Å². The first-order valence-corrected chi connectivity index (χ1v) is 12.4. The van der Waals surface area contributed by atoms with Gasteiger partial charge in [-0.3, -0.25) is 9.59 Å². The van der Waals surface area contributed by atoms with Crippen LogP contribution in [0, 0.1) is 11.6 Å². The van der Waals surface area contributed by atoms with Crippen molar-refractivity contribution >= 4 is 40.1 Å². The molecule has 37 heavy (non-hydrogen) atoms. The maximum atomic E-state index is 13.5. The van der Waals surface area contributed by atoms with E-state index < -0.39 is 28.7 Å². The third kappa shape index (κ3) is 5.39. The molecule has 0 saturated carbocycles. The lowest BCUT2D eigenvalue weighted by atomic mass is 9.98. The molecule has 2 aliphatic heterocycles. The summed E-state index contributed by atoms with van der Waals surface area (Å²) in [6.07, 6.45) is 0.430. The van der Waals surface area contributed by atoms with Crippen LogP contribution in [0.1, 0.15) is 30.0 Å². The number of methoxy groups -OCH3 is 1. The molecule has 2 atom stereocenters. The molecule has 3 aromatic rings. The van der Waals surface area contributed by atoms with Crippen molar-refractivity contribution in [2.24, 2.45) is 10.1 Å². The van der Waals surface area contributed by atoms with Crippen molar-refractivity contribution in [1.29, 1.82) is 0 Å². The van der Waals surface area contributed by atoms with Gasteiger partial charge in [0.1, 0.15) is 11.0 Å². The molecule has 10 heteroatoms. The van der Waals surface area contributed by atoms with Crippen LogP contribution < -0.4 is 10.1 Å². The molecule has 0 radical (unpaired) electrons. The number of hydrazone groups is 1. The van der Waals surface area contributed by atoms with Crippen LogP contribution in [-0.4, -0.2) is 40.1 Å². The Balaban J connectivity index is 1.33. The fraction of sp³-hybridized carbons (Fsp3) is 0.185. The summed E-state index contributed by atoms with van der Waals surface area (Å²) in [6, 6.07) is 20.3. The van der Waals surface area contributed by atoms with Crippen LogP contribution in [0.5, 0.6) is 5.75 Å². The summed E-state index contributed by atoms with van der Waals surface area (Å²) < 4.78 is 31.9. The van der Waals surface area contributed by atoms with Crippen LogP contribution in [0.2, 0.25) is 0 Å². The molecule has 188 valence electrons. The van der Waals surface area contributed by atoms with Crippen molar-refractivity contribution in [3.63, 3.8) is 0 Å². The van der Waals surface area contributed by atoms with Crippen LogP contribution in [0.3, 0.4) is 0 Å². The van der Waals surface area contributed by atoms with Gasteiger partial charge in [-0.1, -0.05) is 42.1 Å². The van der Waals surface area contributed by atoms with E-state index >= 15 is 0 Å². The maximum absolute atomic E-state index is 13.5. The lowest BCUT2D eigenvalue weighted by Crippen LogP contribution is -2.25. The number of hydrogen-bond acceptors (Lipinski definition) is 6. The van der Waals surface area contributed by atoms with Crippen LogP contribution in [0.25, 0.3) is 0 Å². The molecule has 3 aromatic carbocycles. The number of rotatable bonds is 6. The minimum absolute atomic E-state index is 0.109. The molecule has 1 N–H and O–H groups in total. The Hall–Kier alpha value is -4.05. The molecular formula is C27H22F2N4O3S. The van der Waals surface area contributed by atoms with Crippen molar-refractivity contribution in [3.05, 3.63) is 95.6 Å². The van der Waals surface area contributed by atoms with Gasteiger partial charge in [0.2, 0.25) is 5.91 Å². The molecule has 0 bridgehead atoms. The van der Waals surface area contributed by atoms with E-state index in [1.807, 2.05) is 54.6 Å². The topological polar surface area (TPSA) is 83.4 Å². The van der Waals surface area contributed by atoms with Gasteiger partial charge in [0, 0.05) is 24.6 Å². The molecule has 2 amide bonds. The minimum atomic E-state index is -1.07. The number of amidine groups is 1. The highest BCUT2D eigenvalue weighted by Gasteiger charge is 2.39. The molecule has 0 aliphatic carbocycles. The first kappa shape index (κ1) is 24.6. The van der Waals surface area contributed by atoms with Crippen LogP contribution >= 0.6 is 11.8 Å². The number of anilines is 1. The van der Waals surface area contributed by atoms with Crippen molar-refractivity contribution in [2.75, 3.05) is 12.4 Å². The van der Waals surface area contributed by atoms with Gasteiger partial charge in [-0.05, 0) is 47.5 Å². The molecule has 2 unspecified atom stereocenters. The van der Waals surface area contributed by atoms with Gasteiger partial charge < -0.3 is 10.1 Å². The third-order valence-corrected chi connectivity index (χ3v) is 7.16. The number of nitrogens with one attached hydrogen (secondary N) is 1. The highest BCUT2D eigenvalue weighted by molar-refractivity contribution is 8.15. The number of thioether (sulfide) groups is 1. The Labute approximate surface area is 216 Å². The number of hydrogen-bond donors (Lipinski definition) is 1. The van der Waals surface area contributed by atoms with E-state index in [1.54, 1.807) is 12.1 Å². The van der Waals surface area contributed by atoms with Gasteiger partial charge >= 0.3 is 0 Å². The van der Waals surface area contributed by atoms with E-state index in [1.165, 1.54) is 17.8 Å². The number of ether oxygens (including phenoxy) is 1. The quantitative estimate of drug-likeness (QED) is 0.486. The maximum Gasteiger partial charge on any atom is 0.262 e. The number of amides is 2. The van der Waals surface area contributed by atoms with Crippen molar-refractivity contribution in [2.45, 2.75) is 24.1 Å². The van der Waals surface area contributed by atoms with Crippen LogP contribution in [0.4, 0.5) is 14.5 Å². The average molecular weight is 521 g/mol. The van der Waals surface area contributed by atoms with Crippen molar-refractivity contribution in [3.8, 4) is 5.75 Å². The third-order valence-electron chi connectivity index (χ3n) is 6.02. The van der Waals surface area contributed by atoms with E-state index in [0.717, 1.165) is 34.7 Å². The second-order valence-corrected chi connectivity index (χ2v) is 9.64. The first-order valence-electron chi connectivity index (χ1n) is 11.5. The highest BCUT2D eigenvalue weighted by atomic mass is 32.2. The van der Waals surface area contributed by atoms with E-state index in [-0.39, 0.29) is 18.2 Å². The van der Waals surface area contributed by atoms with E-state index in [0.29, 0.717) is 11.6 Å². The summed E-state index contributed by atoms with van der Waals surface area (Å²) in [5.74, 6) is -2.28. The SMILES string of the molecule is COc1ccc(C2=NN(C3=NC(=O)C(CC(=O)Nc4ccc(F)c(F)c4)S3)C(c3ccccc3)C2)cc1. The molecule has 0 saturated heterocycles. The minimum Gasteiger partial charge on any atom is -0.497 e. The predicted octanol–water partition coefficient (Wildman–Crippen LogP) is 5.15. The number of halogens is 2. The largest absolute Gasteiger partial charge is 0.497 e. The summed E-state index contributed by atoms with van der Waals surface area (Å²) >= 11 is 1.17. The molecule has 7 nitrogen and oxygen atoms in total. The van der Waals surface area contributed by atoms with Gasteiger partial charge in [-0.25, -0.2) is 13.8 Å². The summed E-state index contributed by atoms with van der Waals surface area (Å²) in [6.45, 7) is 0. The monoisotopic (exact) mass is 520 g/mol. The summed E-state index contributed by atoms with van der Waals surface area (Å²) in [5.41, 5.74) is 2.90. The van der Waals surface area contributed by atoms with Crippen LogP contribution in [0.15, 0.2) is 82.9 Å². The number of carbonyl (C=O) groups is 2. The summed E-state index contributed by atoms with van der Waals surface area (Å²) in [5, 5.41) is 8.71. The van der Waals surface area contributed by atoms with Crippen molar-refractivity contribution in [1.82, 2.24) is 5.01 Å². The second-order valence-electron chi connectivity index (χ2n) is 8.47. The zero-order valence-electron chi connectivity index (χ0n) is 19.7. The molecule has 2 heterocycles. The lowest BCUT2D eigenvalue weighted by Gasteiger charge is -2.23. The highest BCUT2D eigenvalue weighted by Crippen LogP contribution is 2.38. The Morgan fingerprint density at radius 2 is 1.84 bits per heavy atom. The molecular weight excluding hydrogens is 498 g/mol. The van der Waals surface area contributed by atoms with Crippen molar-refractivity contribution < 1.29 is 23.1 Å². The number of nitrogens with zero attached hydrogens (tertiary/aromatic N) is 3. The summed E-state index contributed by atoms with van der Waals surface area (Å²) in [7, 11) is 1.61. The Bertz CT molecular complexity index is 1400. The zero-order valence-corrected chi connectivity index (χ0v) is 20.5. The van der Waals surface area contributed by atoms with E-state index in [2.05, 4.69) is 10.3 Å². The van der Waals surface area contributed by atoms with Gasteiger partial charge in [0.25, 0.3) is 5.91 Å². The normalized spacial score (nSPS) is 19.0. The van der Waals surface area contributed by atoms with E-state index in [9.17, 15) is 18.4 Å². The van der Waals surface area contributed by atoms with E-state index in [4.69, 9.17) is 9.84 Å². The number of carbonyl (C=O) groups excluding carboxylic acids is 2. The summed E-state index contributed by atoms with van der Waals surface area (Å²) in [4.78, 5) is 29.4. The molecule has 0 aromatic heterocycles. The predicted molar refractivity (Wildman–Crippen MR) is 139 cm³/mol. The van der Waals surface area contributed by atoms with Gasteiger partial charge in [0.05, 0.1) is 18.9 Å². The van der Waals surface area contributed by atoms with Gasteiger partial charge in [-0.15, -0.1) is 0 Å². The van der Waals surface area contributed by atoms with Gasteiger partial charge in [0.15, 0.2) is 16.8 Å². The molecule has 0 spiro atoms. The van der Waals surface area contributed by atoms with Gasteiger partial charge in [-0.2, -0.15) is 10.1 Å². The first-order chi connectivity index (χ1) is 17.9. The Kier molecular flexibility index (Phi) is 7.00. The number of benzene rings is 3. The second kappa shape index (κ2) is 10.5. The average Bonchev–Trinajstić information content (AvgIpc) is 3.51.